The highest BCUT2D eigenvalue weighted by Gasteiger charge is 2.16. The Kier molecular flexibility index (Phi) is 5.48. The van der Waals surface area contributed by atoms with Crippen LogP contribution >= 0.6 is 0 Å². The van der Waals surface area contributed by atoms with E-state index in [9.17, 15) is 4.79 Å². The first-order valence-electron chi connectivity index (χ1n) is 10.1. The summed E-state index contributed by atoms with van der Waals surface area (Å²) >= 11 is 0. The lowest BCUT2D eigenvalue weighted by atomic mass is 9.92. The summed E-state index contributed by atoms with van der Waals surface area (Å²) in [4.78, 5) is 21.8. The molecule has 4 aromatic rings. The molecule has 1 unspecified atom stereocenters. The van der Waals surface area contributed by atoms with Crippen LogP contribution in [0, 0.1) is 6.92 Å². The number of allylic oxidation sites excluding steroid dienone is 1. The predicted octanol–water partition coefficient (Wildman–Crippen LogP) is 4.68. The molecule has 0 bridgehead atoms. The zero-order chi connectivity index (χ0) is 21.1. The van der Waals surface area contributed by atoms with E-state index in [-0.39, 0.29) is 11.5 Å². The van der Waals surface area contributed by atoms with Crippen molar-refractivity contribution in [3.63, 3.8) is 0 Å². The van der Waals surface area contributed by atoms with Gasteiger partial charge in [-0.15, -0.1) is 6.58 Å². The van der Waals surface area contributed by atoms with E-state index in [1.54, 1.807) is 0 Å². The Balaban J connectivity index is 1.67. The molecule has 2 heterocycles. The van der Waals surface area contributed by atoms with Crippen molar-refractivity contribution >= 4 is 11.5 Å². The van der Waals surface area contributed by atoms with Crippen molar-refractivity contribution in [2.75, 3.05) is 5.32 Å². The summed E-state index contributed by atoms with van der Waals surface area (Å²) in [6.07, 6.45) is 2.88. The highest BCUT2D eigenvalue weighted by Crippen LogP contribution is 2.30. The van der Waals surface area contributed by atoms with Crippen LogP contribution in [0.3, 0.4) is 0 Å². The molecule has 6 heteroatoms. The van der Waals surface area contributed by atoms with Gasteiger partial charge in [0.25, 0.3) is 11.3 Å². The number of benzene rings is 2. The molecule has 6 nitrogen and oxygen atoms in total. The fourth-order valence-electron chi connectivity index (χ4n) is 3.55. The van der Waals surface area contributed by atoms with Crippen LogP contribution in [-0.2, 0) is 6.54 Å². The van der Waals surface area contributed by atoms with E-state index in [1.165, 1.54) is 16.1 Å². The summed E-state index contributed by atoms with van der Waals surface area (Å²) in [5.74, 6) is 1.20. The summed E-state index contributed by atoms with van der Waals surface area (Å²) in [6, 6.07) is 17.7. The highest BCUT2D eigenvalue weighted by atomic mass is 16.1. The molecule has 0 aliphatic heterocycles. The molecule has 0 aliphatic carbocycles. The van der Waals surface area contributed by atoms with Crippen molar-refractivity contribution in [1.29, 1.82) is 0 Å². The van der Waals surface area contributed by atoms with E-state index in [1.807, 2.05) is 55.5 Å². The molecule has 0 amide bonds. The Morgan fingerprint density at radius 3 is 2.67 bits per heavy atom. The van der Waals surface area contributed by atoms with Crippen molar-refractivity contribution in [2.24, 2.45) is 0 Å². The SMILES string of the molecule is C=CC(CC)c1ccccc1-c1nc2nc(CNc3ccc(C)cc3)cc(=O)n2[nH]1. The van der Waals surface area contributed by atoms with Gasteiger partial charge in [0, 0.05) is 23.2 Å². The fourth-order valence-corrected chi connectivity index (χ4v) is 3.55. The van der Waals surface area contributed by atoms with Crippen LogP contribution in [0.2, 0.25) is 0 Å². The quantitative estimate of drug-likeness (QED) is 0.442. The van der Waals surface area contributed by atoms with Crippen molar-refractivity contribution in [3.05, 3.63) is 94.4 Å². The number of H-pyrrole nitrogens is 1. The first-order chi connectivity index (χ1) is 14.6. The summed E-state index contributed by atoms with van der Waals surface area (Å²) in [5.41, 5.74) is 4.72. The molecule has 2 aromatic heterocycles. The van der Waals surface area contributed by atoms with Crippen LogP contribution in [0.5, 0.6) is 0 Å². The van der Waals surface area contributed by atoms with Gasteiger partial charge in [0.1, 0.15) is 0 Å². The molecule has 4 rings (SSSR count). The van der Waals surface area contributed by atoms with Crippen molar-refractivity contribution in [1.82, 2.24) is 19.6 Å². The van der Waals surface area contributed by atoms with Gasteiger partial charge >= 0.3 is 0 Å². The Hall–Kier alpha value is -3.67. The lowest BCUT2D eigenvalue weighted by Gasteiger charge is -2.13. The minimum atomic E-state index is -0.187. The summed E-state index contributed by atoms with van der Waals surface area (Å²) in [5, 5.41) is 6.40. The lowest BCUT2D eigenvalue weighted by Crippen LogP contribution is -2.17. The topological polar surface area (TPSA) is 75.1 Å². The number of aromatic amines is 1. The van der Waals surface area contributed by atoms with E-state index < -0.39 is 0 Å². The van der Waals surface area contributed by atoms with E-state index in [4.69, 9.17) is 0 Å². The molecule has 0 saturated heterocycles. The van der Waals surface area contributed by atoms with Gasteiger partial charge in [-0.1, -0.05) is 55.0 Å². The van der Waals surface area contributed by atoms with E-state index in [2.05, 4.69) is 40.0 Å². The van der Waals surface area contributed by atoms with Gasteiger partial charge in [0.2, 0.25) is 0 Å². The average molecular weight is 399 g/mol. The Bertz CT molecular complexity index is 1240. The second-order valence-corrected chi connectivity index (χ2v) is 7.35. The molecular formula is C24H25N5O. The molecule has 0 spiro atoms. The number of hydrogen-bond acceptors (Lipinski definition) is 4. The first kappa shape index (κ1) is 19.6. The van der Waals surface area contributed by atoms with Gasteiger partial charge in [0.15, 0.2) is 5.82 Å². The lowest BCUT2D eigenvalue weighted by molar-refractivity contribution is 0.807. The number of rotatable bonds is 7. The second kappa shape index (κ2) is 8.37. The van der Waals surface area contributed by atoms with E-state index in [0.29, 0.717) is 23.8 Å². The third kappa shape index (κ3) is 3.89. The molecular weight excluding hydrogens is 374 g/mol. The number of aryl methyl sites for hydroxylation is 1. The third-order valence-electron chi connectivity index (χ3n) is 5.25. The minimum Gasteiger partial charge on any atom is -0.379 e. The summed E-state index contributed by atoms with van der Waals surface area (Å²) < 4.78 is 1.39. The molecule has 2 aromatic carbocycles. The maximum Gasteiger partial charge on any atom is 0.274 e. The van der Waals surface area contributed by atoms with E-state index in [0.717, 1.165) is 23.2 Å². The average Bonchev–Trinajstić information content (AvgIpc) is 3.19. The smallest absolute Gasteiger partial charge is 0.274 e. The second-order valence-electron chi connectivity index (χ2n) is 7.35. The number of nitrogens with one attached hydrogen (secondary N) is 2. The van der Waals surface area contributed by atoms with Gasteiger partial charge in [-0.05, 0) is 31.0 Å². The van der Waals surface area contributed by atoms with Gasteiger partial charge in [-0.2, -0.15) is 9.50 Å². The van der Waals surface area contributed by atoms with Gasteiger partial charge in [-0.25, -0.2) is 4.98 Å². The zero-order valence-corrected chi connectivity index (χ0v) is 17.2. The Labute approximate surface area is 175 Å². The number of anilines is 1. The first-order valence-corrected chi connectivity index (χ1v) is 10.1. The standard InChI is InChI=1S/C24H25N5O/c1-4-17(5-2)20-8-6-7-9-21(20)23-27-24-26-19(14-22(30)29(24)28-23)15-25-18-12-10-16(3)11-13-18/h4,6-14,17,25H,1,5,15H2,2-3H3,(H,26,27,28). The molecule has 1 atom stereocenters. The Morgan fingerprint density at radius 2 is 1.93 bits per heavy atom. The molecule has 2 N–H and O–H groups in total. The van der Waals surface area contributed by atoms with Crippen LogP contribution in [0.1, 0.15) is 36.1 Å². The van der Waals surface area contributed by atoms with Crippen LogP contribution < -0.4 is 10.9 Å². The Morgan fingerprint density at radius 1 is 1.17 bits per heavy atom. The summed E-state index contributed by atoms with van der Waals surface area (Å²) in [6.45, 7) is 8.58. The van der Waals surface area contributed by atoms with Gasteiger partial charge in [0.05, 0.1) is 12.2 Å². The van der Waals surface area contributed by atoms with Crippen molar-refractivity contribution < 1.29 is 0 Å². The number of hydrogen-bond donors (Lipinski definition) is 2. The van der Waals surface area contributed by atoms with Crippen molar-refractivity contribution in [3.8, 4) is 11.4 Å². The van der Waals surface area contributed by atoms with Crippen molar-refractivity contribution in [2.45, 2.75) is 32.7 Å². The molecule has 152 valence electrons. The fraction of sp³-hybridized carbons (Fsp3) is 0.208. The van der Waals surface area contributed by atoms with Gasteiger partial charge in [-0.3, -0.25) is 9.89 Å². The summed E-state index contributed by atoms with van der Waals surface area (Å²) in [7, 11) is 0. The van der Waals surface area contributed by atoms with Crippen LogP contribution in [0.15, 0.2) is 72.0 Å². The predicted molar refractivity (Wildman–Crippen MR) is 121 cm³/mol. The maximum atomic E-state index is 12.6. The normalized spacial score (nSPS) is 12.1. The molecule has 0 aliphatic rings. The molecule has 0 saturated carbocycles. The number of nitrogens with zero attached hydrogens (tertiary/aromatic N) is 3. The number of aromatic nitrogens is 4. The monoisotopic (exact) mass is 399 g/mol. The van der Waals surface area contributed by atoms with Crippen LogP contribution in [0.4, 0.5) is 5.69 Å². The molecule has 0 radical (unpaired) electrons. The highest BCUT2D eigenvalue weighted by molar-refractivity contribution is 5.63. The van der Waals surface area contributed by atoms with Crippen LogP contribution in [0.25, 0.3) is 17.2 Å². The largest absolute Gasteiger partial charge is 0.379 e. The maximum absolute atomic E-state index is 12.6. The van der Waals surface area contributed by atoms with Gasteiger partial charge < -0.3 is 5.32 Å². The van der Waals surface area contributed by atoms with E-state index >= 15 is 0 Å². The zero-order valence-electron chi connectivity index (χ0n) is 17.2. The minimum absolute atomic E-state index is 0.187. The molecule has 30 heavy (non-hydrogen) atoms. The third-order valence-corrected chi connectivity index (χ3v) is 5.25. The number of fused-ring (bicyclic) bond motifs is 1. The van der Waals surface area contributed by atoms with Crippen LogP contribution in [-0.4, -0.2) is 19.6 Å². The molecule has 0 fully saturated rings.